The van der Waals surface area contributed by atoms with Gasteiger partial charge < -0.3 is 0 Å². The quantitative estimate of drug-likeness (QED) is 0.381. The number of aryl methyl sites for hydroxylation is 2. The van der Waals surface area contributed by atoms with Gasteiger partial charge in [-0.3, -0.25) is 0 Å². The molecule has 0 radical (unpaired) electrons. The SMILES string of the molecule is Cc1ccccc1C1c2cccc3cccc(c23)C1c1ccccc1C. The number of benzene rings is 4. The number of hydrogen-bond acceptors (Lipinski definition) is 0. The van der Waals surface area contributed by atoms with Gasteiger partial charge in [0, 0.05) is 11.8 Å². The van der Waals surface area contributed by atoms with Gasteiger partial charge in [-0.15, -0.1) is 0 Å². The third kappa shape index (κ3) is 2.15. The summed E-state index contributed by atoms with van der Waals surface area (Å²) in [7, 11) is 0. The van der Waals surface area contributed by atoms with Crippen molar-refractivity contribution in [1.82, 2.24) is 0 Å². The molecule has 0 heterocycles. The van der Waals surface area contributed by atoms with E-state index in [0.29, 0.717) is 11.8 Å². The Bertz CT molecular complexity index is 1030. The van der Waals surface area contributed by atoms with Crippen molar-refractivity contribution in [2.75, 3.05) is 0 Å². The second kappa shape index (κ2) is 5.85. The summed E-state index contributed by atoms with van der Waals surface area (Å²) in [6.07, 6.45) is 0. The molecule has 0 aromatic heterocycles. The predicted octanol–water partition coefficient (Wildman–Crippen LogP) is 6.73. The summed E-state index contributed by atoms with van der Waals surface area (Å²) in [4.78, 5) is 0. The van der Waals surface area contributed by atoms with Gasteiger partial charge in [0.1, 0.15) is 0 Å². The van der Waals surface area contributed by atoms with E-state index < -0.39 is 0 Å². The van der Waals surface area contributed by atoms with Gasteiger partial charge in [-0.2, -0.15) is 0 Å². The maximum Gasteiger partial charge on any atom is 0.0208 e. The Kier molecular flexibility index (Phi) is 3.46. The minimum atomic E-state index is 0.374. The van der Waals surface area contributed by atoms with Crippen LogP contribution in [0.4, 0.5) is 0 Å². The summed E-state index contributed by atoms with van der Waals surface area (Å²) in [5.41, 5.74) is 8.59. The lowest BCUT2D eigenvalue weighted by Gasteiger charge is -2.26. The molecular formula is C26H22. The molecule has 0 N–H and O–H groups in total. The summed E-state index contributed by atoms with van der Waals surface area (Å²) in [6, 6.07) is 31.4. The molecule has 0 amide bonds. The Morgan fingerprint density at radius 1 is 0.462 bits per heavy atom. The van der Waals surface area contributed by atoms with Crippen molar-refractivity contribution in [3.63, 3.8) is 0 Å². The van der Waals surface area contributed by atoms with Gasteiger partial charge in [0.25, 0.3) is 0 Å². The largest absolute Gasteiger partial charge is 0.0620 e. The minimum absolute atomic E-state index is 0.374. The van der Waals surface area contributed by atoms with Crippen LogP contribution in [0.5, 0.6) is 0 Å². The Morgan fingerprint density at radius 2 is 0.885 bits per heavy atom. The summed E-state index contributed by atoms with van der Waals surface area (Å²) in [5.74, 6) is 0.747. The summed E-state index contributed by atoms with van der Waals surface area (Å²) < 4.78 is 0. The van der Waals surface area contributed by atoms with Crippen LogP contribution >= 0.6 is 0 Å². The highest BCUT2D eigenvalue weighted by molar-refractivity contribution is 5.93. The first kappa shape index (κ1) is 15.4. The Balaban J connectivity index is 1.86. The fraction of sp³-hybridized carbons (Fsp3) is 0.154. The van der Waals surface area contributed by atoms with Crippen LogP contribution < -0.4 is 0 Å². The van der Waals surface area contributed by atoms with Crippen LogP contribution in [-0.4, -0.2) is 0 Å². The minimum Gasteiger partial charge on any atom is -0.0620 e. The van der Waals surface area contributed by atoms with E-state index >= 15 is 0 Å². The van der Waals surface area contributed by atoms with E-state index in [1.807, 2.05) is 0 Å². The second-order valence-electron chi connectivity index (χ2n) is 7.46. The lowest BCUT2D eigenvalue weighted by molar-refractivity contribution is 0.720. The van der Waals surface area contributed by atoms with Gasteiger partial charge in [-0.05, 0) is 58.0 Å². The monoisotopic (exact) mass is 334 g/mol. The van der Waals surface area contributed by atoms with Crippen LogP contribution in [0.1, 0.15) is 45.2 Å². The number of rotatable bonds is 2. The van der Waals surface area contributed by atoms with Gasteiger partial charge in [-0.1, -0.05) is 84.9 Å². The zero-order valence-corrected chi connectivity index (χ0v) is 15.2. The average Bonchev–Trinajstić information content (AvgIpc) is 2.99. The van der Waals surface area contributed by atoms with Gasteiger partial charge in [0.05, 0.1) is 0 Å². The maximum absolute atomic E-state index is 2.33. The molecule has 4 aromatic rings. The molecule has 1 aliphatic carbocycles. The second-order valence-corrected chi connectivity index (χ2v) is 7.46. The molecule has 0 spiro atoms. The van der Waals surface area contributed by atoms with Crippen molar-refractivity contribution < 1.29 is 0 Å². The molecule has 0 aliphatic heterocycles. The van der Waals surface area contributed by atoms with Crippen molar-refractivity contribution >= 4 is 10.8 Å². The van der Waals surface area contributed by atoms with Crippen LogP contribution in [0.2, 0.25) is 0 Å². The normalized spacial score (nSPS) is 18.4. The van der Waals surface area contributed by atoms with E-state index in [1.54, 1.807) is 0 Å². The van der Waals surface area contributed by atoms with E-state index in [-0.39, 0.29) is 0 Å². The molecule has 5 rings (SSSR count). The van der Waals surface area contributed by atoms with Crippen molar-refractivity contribution in [3.8, 4) is 0 Å². The third-order valence-corrected chi connectivity index (χ3v) is 6.02. The zero-order chi connectivity index (χ0) is 17.7. The average molecular weight is 334 g/mol. The first-order chi connectivity index (χ1) is 12.8. The molecule has 0 fully saturated rings. The first-order valence-corrected chi connectivity index (χ1v) is 9.38. The highest BCUT2D eigenvalue weighted by Crippen LogP contribution is 2.53. The van der Waals surface area contributed by atoms with Gasteiger partial charge in [0.15, 0.2) is 0 Å². The van der Waals surface area contributed by atoms with Crippen LogP contribution in [0.15, 0.2) is 84.9 Å². The summed E-state index contributed by atoms with van der Waals surface area (Å²) >= 11 is 0. The molecule has 0 bridgehead atoms. The molecule has 0 nitrogen and oxygen atoms in total. The number of hydrogen-bond donors (Lipinski definition) is 0. The van der Waals surface area contributed by atoms with E-state index in [9.17, 15) is 0 Å². The molecule has 2 unspecified atom stereocenters. The van der Waals surface area contributed by atoms with E-state index in [4.69, 9.17) is 0 Å². The van der Waals surface area contributed by atoms with Crippen molar-refractivity contribution in [2.45, 2.75) is 25.7 Å². The van der Waals surface area contributed by atoms with Crippen molar-refractivity contribution in [2.24, 2.45) is 0 Å². The van der Waals surface area contributed by atoms with Gasteiger partial charge in [0.2, 0.25) is 0 Å². The van der Waals surface area contributed by atoms with Crippen LogP contribution in [0, 0.1) is 13.8 Å². The molecule has 0 heteroatoms. The molecule has 26 heavy (non-hydrogen) atoms. The highest BCUT2D eigenvalue weighted by atomic mass is 14.4. The lowest BCUT2D eigenvalue weighted by atomic mass is 9.77. The van der Waals surface area contributed by atoms with E-state index in [0.717, 1.165) is 0 Å². The van der Waals surface area contributed by atoms with Crippen molar-refractivity contribution in [3.05, 3.63) is 118 Å². The topological polar surface area (TPSA) is 0 Å². The van der Waals surface area contributed by atoms with Crippen LogP contribution in [0.3, 0.4) is 0 Å². The lowest BCUT2D eigenvalue weighted by Crippen LogP contribution is -2.11. The summed E-state index contributed by atoms with van der Waals surface area (Å²) in [6.45, 7) is 4.49. The molecular weight excluding hydrogens is 312 g/mol. The highest BCUT2D eigenvalue weighted by Gasteiger charge is 2.37. The Morgan fingerprint density at radius 3 is 1.35 bits per heavy atom. The van der Waals surface area contributed by atoms with Gasteiger partial charge in [-0.25, -0.2) is 0 Å². The standard InChI is InChI=1S/C26H22/c1-17-9-3-5-13-20(17)25-22-15-7-11-19-12-8-16-23(24(19)22)26(25)21-14-6-4-10-18(21)2/h3-16,25-26H,1-2H3. The molecule has 1 aliphatic rings. The Labute approximate surface area is 155 Å². The van der Waals surface area contributed by atoms with Crippen molar-refractivity contribution in [1.29, 1.82) is 0 Å². The van der Waals surface area contributed by atoms with Crippen LogP contribution in [-0.2, 0) is 0 Å². The van der Waals surface area contributed by atoms with E-state index in [1.165, 1.54) is 44.2 Å². The molecule has 4 aromatic carbocycles. The molecule has 2 atom stereocenters. The molecule has 126 valence electrons. The third-order valence-electron chi connectivity index (χ3n) is 6.02. The fourth-order valence-electron chi connectivity index (χ4n) is 4.84. The van der Waals surface area contributed by atoms with E-state index in [2.05, 4.69) is 98.8 Å². The molecule has 0 saturated heterocycles. The Hall–Kier alpha value is -2.86. The van der Waals surface area contributed by atoms with Crippen LogP contribution in [0.25, 0.3) is 10.8 Å². The smallest absolute Gasteiger partial charge is 0.0208 e. The maximum atomic E-state index is 2.33. The zero-order valence-electron chi connectivity index (χ0n) is 15.2. The predicted molar refractivity (Wildman–Crippen MR) is 110 cm³/mol. The van der Waals surface area contributed by atoms with Gasteiger partial charge >= 0.3 is 0 Å². The molecule has 0 saturated carbocycles. The fourth-order valence-corrected chi connectivity index (χ4v) is 4.84. The first-order valence-electron chi connectivity index (χ1n) is 9.38. The summed E-state index contributed by atoms with van der Waals surface area (Å²) in [5, 5.41) is 2.81.